The van der Waals surface area contributed by atoms with Gasteiger partial charge in [0.1, 0.15) is 17.4 Å². The molecule has 1 amide bonds. The van der Waals surface area contributed by atoms with Gasteiger partial charge in [-0.1, -0.05) is 30.3 Å². The fourth-order valence-electron chi connectivity index (χ4n) is 3.44. The summed E-state index contributed by atoms with van der Waals surface area (Å²) in [5, 5.41) is 10.5. The maximum Gasteiger partial charge on any atom is 0.289 e. The molecule has 0 saturated carbocycles. The smallest absolute Gasteiger partial charge is 0.289 e. The first-order valence-corrected chi connectivity index (χ1v) is 8.83. The first kappa shape index (κ1) is 17.3. The van der Waals surface area contributed by atoms with E-state index < -0.39 is 6.04 Å². The van der Waals surface area contributed by atoms with Gasteiger partial charge in [-0.15, -0.1) is 0 Å². The molecule has 1 aliphatic heterocycles. The lowest BCUT2D eigenvalue weighted by Crippen LogP contribution is -2.49. The summed E-state index contributed by atoms with van der Waals surface area (Å²) >= 11 is 0. The standard InChI is InChI=1S/C21H18FN3O2/c22-17-7-5-15(6-8-17)18(14-23)24-9-11-25(12-10-24)21(26)20-13-16-3-1-2-4-19(16)27-20/h1-8,13,18H,9-12H2/t18-/m0/s1. The third-order valence-corrected chi connectivity index (χ3v) is 4.91. The molecule has 1 fully saturated rings. The molecular weight excluding hydrogens is 345 g/mol. The van der Waals surface area contributed by atoms with Crippen LogP contribution in [0.3, 0.4) is 0 Å². The lowest BCUT2D eigenvalue weighted by Gasteiger charge is -2.36. The average molecular weight is 363 g/mol. The van der Waals surface area contributed by atoms with Crippen LogP contribution in [-0.4, -0.2) is 41.9 Å². The van der Waals surface area contributed by atoms with E-state index in [4.69, 9.17) is 4.42 Å². The van der Waals surface area contributed by atoms with Crippen LogP contribution in [0.2, 0.25) is 0 Å². The van der Waals surface area contributed by atoms with Gasteiger partial charge >= 0.3 is 0 Å². The molecule has 0 spiro atoms. The predicted octanol–water partition coefficient (Wildman–Crippen LogP) is 3.59. The highest BCUT2D eigenvalue weighted by Gasteiger charge is 2.28. The normalized spacial score (nSPS) is 16.2. The number of para-hydroxylation sites is 1. The van der Waals surface area contributed by atoms with Crippen molar-refractivity contribution in [2.45, 2.75) is 6.04 Å². The quantitative estimate of drug-likeness (QED) is 0.713. The van der Waals surface area contributed by atoms with Crippen molar-refractivity contribution in [2.24, 2.45) is 0 Å². The summed E-state index contributed by atoms with van der Waals surface area (Å²) in [5.41, 5.74) is 1.45. The van der Waals surface area contributed by atoms with Gasteiger partial charge in [0.25, 0.3) is 5.91 Å². The van der Waals surface area contributed by atoms with Gasteiger partial charge in [-0.2, -0.15) is 5.26 Å². The van der Waals surface area contributed by atoms with Crippen LogP contribution in [-0.2, 0) is 0 Å². The molecule has 1 atom stereocenters. The Kier molecular flexibility index (Phi) is 4.61. The van der Waals surface area contributed by atoms with Gasteiger partial charge in [0, 0.05) is 31.6 Å². The Morgan fingerprint density at radius 1 is 1.07 bits per heavy atom. The molecule has 0 bridgehead atoms. The lowest BCUT2D eigenvalue weighted by atomic mass is 10.1. The summed E-state index contributed by atoms with van der Waals surface area (Å²) in [7, 11) is 0. The number of nitriles is 1. The second-order valence-corrected chi connectivity index (χ2v) is 6.56. The van der Waals surface area contributed by atoms with Crippen molar-refractivity contribution in [3.8, 4) is 6.07 Å². The Bertz CT molecular complexity index is 965. The molecule has 136 valence electrons. The van der Waals surface area contributed by atoms with E-state index in [1.54, 1.807) is 23.1 Å². The Morgan fingerprint density at radius 2 is 1.78 bits per heavy atom. The molecule has 1 saturated heterocycles. The molecule has 5 nitrogen and oxygen atoms in total. The first-order chi connectivity index (χ1) is 13.2. The van der Waals surface area contributed by atoms with E-state index in [2.05, 4.69) is 6.07 Å². The number of carbonyl (C=O) groups is 1. The van der Waals surface area contributed by atoms with Crippen molar-refractivity contribution in [1.29, 1.82) is 5.26 Å². The van der Waals surface area contributed by atoms with E-state index in [9.17, 15) is 14.4 Å². The fraction of sp³-hybridized carbons (Fsp3) is 0.238. The van der Waals surface area contributed by atoms with Gasteiger partial charge in [-0.25, -0.2) is 4.39 Å². The second-order valence-electron chi connectivity index (χ2n) is 6.56. The zero-order valence-corrected chi connectivity index (χ0v) is 14.6. The topological polar surface area (TPSA) is 60.5 Å². The van der Waals surface area contributed by atoms with E-state index in [1.165, 1.54) is 12.1 Å². The molecular formula is C21H18FN3O2. The Morgan fingerprint density at radius 3 is 2.44 bits per heavy atom. The maximum atomic E-state index is 13.1. The molecule has 1 aliphatic rings. The number of carbonyl (C=O) groups excluding carboxylic acids is 1. The molecule has 3 aromatic rings. The number of amides is 1. The molecule has 0 radical (unpaired) electrons. The van der Waals surface area contributed by atoms with Crippen LogP contribution in [0.25, 0.3) is 11.0 Å². The SMILES string of the molecule is N#C[C@@H](c1ccc(F)cc1)N1CCN(C(=O)c2cc3ccccc3o2)CC1. The van der Waals surface area contributed by atoms with E-state index >= 15 is 0 Å². The fourth-order valence-corrected chi connectivity index (χ4v) is 3.44. The third-order valence-electron chi connectivity index (χ3n) is 4.91. The summed E-state index contributed by atoms with van der Waals surface area (Å²) in [6.45, 7) is 2.16. The molecule has 0 aliphatic carbocycles. The zero-order valence-electron chi connectivity index (χ0n) is 14.6. The summed E-state index contributed by atoms with van der Waals surface area (Å²) in [4.78, 5) is 16.5. The monoisotopic (exact) mass is 363 g/mol. The molecule has 0 unspecified atom stereocenters. The number of hydrogen-bond acceptors (Lipinski definition) is 4. The van der Waals surface area contributed by atoms with Crippen LogP contribution >= 0.6 is 0 Å². The van der Waals surface area contributed by atoms with Crippen molar-refractivity contribution in [3.63, 3.8) is 0 Å². The van der Waals surface area contributed by atoms with Gasteiger partial charge in [0.2, 0.25) is 0 Å². The van der Waals surface area contributed by atoms with Gasteiger partial charge in [-0.05, 0) is 29.8 Å². The van der Waals surface area contributed by atoms with Crippen molar-refractivity contribution >= 4 is 16.9 Å². The minimum absolute atomic E-state index is 0.138. The number of benzene rings is 2. The van der Waals surface area contributed by atoms with Crippen LogP contribution in [0.4, 0.5) is 4.39 Å². The van der Waals surface area contributed by atoms with E-state index in [0.29, 0.717) is 37.5 Å². The first-order valence-electron chi connectivity index (χ1n) is 8.83. The largest absolute Gasteiger partial charge is 0.451 e. The number of piperazine rings is 1. The Hall–Kier alpha value is -3.17. The minimum Gasteiger partial charge on any atom is -0.451 e. The molecule has 2 aromatic carbocycles. The van der Waals surface area contributed by atoms with E-state index in [1.807, 2.05) is 29.2 Å². The van der Waals surface area contributed by atoms with Crippen LogP contribution in [0.15, 0.2) is 59.0 Å². The minimum atomic E-state index is -0.450. The summed E-state index contributed by atoms with van der Waals surface area (Å²) < 4.78 is 18.8. The third kappa shape index (κ3) is 3.42. The molecule has 4 rings (SSSR count). The lowest BCUT2D eigenvalue weighted by molar-refractivity contribution is 0.0578. The van der Waals surface area contributed by atoms with Crippen LogP contribution < -0.4 is 0 Å². The Labute approximate surface area is 156 Å². The summed E-state index contributed by atoms with van der Waals surface area (Å²) in [6, 6.07) is 17.1. The average Bonchev–Trinajstić information content (AvgIpc) is 3.14. The van der Waals surface area contributed by atoms with Gasteiger partial charge in [0.15, 0.2) is 5.76 Å². The van der Waals surface area contributed by atoms with Crippen molar-refractivity contribution in [1.82, 2.24) is 9.80 Å². The van der Waals surface area contributed by atoms with Crippen molar-refractivity contribution in [2.75, 3.05) is 26.2 Å². The molecule has 0 N–H and O–H groups in total. The molecule has 27 heavy (non-hydrogen) atoms. The van der Waals surface area contributed by atoms with Crippen molar-refractivity contribution < 1.29 is 13.6 Å². The predicted molar refractivity (Wildman–Crippen MR) is 98.4 cm³/mol. The van der Waals surface area contributed by atoms with E-state index in [0.717, 1.165) is 10.9 Å². The number of hydrogen-bond donors (Lipinski definition) is 0. The van der Waals surface area contributed by atoms with Crippen molar-refractivity contribution in [3.05, 3.63) is 71.7 Å². The number of halogens is 1. The molecule has 6 heteroatoms. The summed E-state index contributed by atoms with van der Waals surface area (Å²) in [6.07, 6.45) is 0. The Balaban J connectivity index is 1.44. The highest BCUT2D eigenvalue weighted by molar-refractivity contribution is 5.96. The van der Waals surface area contributed by atoms with Crippen LogP contribution in [0.1, 0.15) is 22.2 Å². The van der Waals surface area contributed by atoms with Gasteiger partial charge in [0.05, 0.1) is 6.07 Å². The highest BCUT2D eigenvalue weighted by atomic mass is 19.1. The number of furan rings is 1. The summed E-state index contributed by atoms with van der Waals surface area (Å²) in [5.74, 6) is -0.127. The zero-order chi connectivity index (χ0) is 18.8. The number of rotatable bonds is 3. The molecule has 2 heterocycles. The van der Waals surface area contributed by atoms with Crippen LogP contribution in [0.5, 0.6) is 0 Å². The van der Waals surface area contributed by atoms with Crippen LogP contribution in [0, 0.1) is 17.1 Å². The van der Waals surface area contributed by atoms with E-state index in [-0.39, 0.29) is 11.7 Å². The number of fused-ring (bicyclic) bond motifs is 1. The van der Waals surface area contributed by atoms with Gasteiger partial charge < -0.3 is 9.32 Å². The van der Waals surface area contributed by atoms with Gasteiger partial charge in [-0.3, -0.25) is 9.69 Å². The number of nitrogens with zero attached hydrogens (tertiary/aromatic N) is 3. The second kappa shape index (κ2) is 7.22. The molecule has 1 aromatic heterocycles. The highest BCUT2D eigenvalue weighted by Crippen LogP contribution is 2.24. The maximum absolute atomic E-state index is 13.1.